The number of ether oxygens (including phenoxy) is 1. The summed E-state index contributed by atoms with van der Waals surface area (Å²) in [6.07, 6.45) is 5.65. The number of carbonyl (C=O) groups is 1. The van der Waals surface area contributed by atoms with Crippen LogP contribution >= 0.6 is 0 Å². The molecule has 5 N–H and O–H groups in total. The Bertz CT molecular complexity index is 849. The third-order valence-electron chi connectivity index (χ3n) is 6.86. The average molecular weight is 428 g/mol. The zero-order valence-electron chi connectivity index (χ0n) is 19.2. The predicted octanol–water partition coefficient (Wildman–Crippen LogP) is 4.62. The van der Waals surface area contributed by atoms with Crippen molar-refractivity contribution in [2.75, 3.05) is 7.11 Å². The van der Waals surface area contributed by atoms with Gasteiger partial charge in [0.05, 0.1) is 12.9 Å². The topological polar surface area (TPSA) is 102 Å². The first-order valence-corrected chi connectivity index (χ1v) is 11.1. The lowest BCUT2D eigenvalue weighted by Crippen LogP contribution is -2.61. The van der Waals surface area contributed by atoms with Gasteiger partial charge in [0.2, 0.25) is 0 Å². The van der Waals surface area contributed by atoms with Gasteiger partial charge in [-0.05, 0) is 54.2 Å². The SMILES string of the molecule is COC1=CC(C(C)(C)C)=C(O)CC1(C1CCC(N)CC1)N(Cc1ccccc1)C(N)=O. The summed E-state index contributed by atoms with van der Waals surface area (Å²) < 4.78 is 5.96. The van der Waals surface area contributed by atoms with Crippen LogP contribution in [0.1, 0.15) is 58.4 Å². The summed E-state index contributed by atoms with van der Waals surface area (Å²) in [5.41, 5.74) is 12.9. The first-order chi connectivity index (χ1) is 14.6. The quantitative estimate of drug-likeness (QED) is 0.638. The highest BCUT2D eigenvalue weighted by Crippen LogP contribution is 2.50. The van der Waals surface area contributed by atoms with E-state index in [2.05, 4.69) is 20.8 Å². The van der Waals surface area contributed by atoms with E-state index in [1.807, 2.05) is 36.4 Å². The van der Waals surface area contributed by atoms with Crippen molar-refractivity contribution >= 4 is 6.03 Å². The average Bonchev–Trinajstić information content (AvgIpc) is 2.72. The van der Waals surface area contributed by atoms with Gasteiger partial charge in [-0.3, -0.25) is 0 Å². The van der Waals surface area contributed by atoms with Crippen LogP contribution in [0.2, 0.25) is 0 Å². The van der Waals surface area contributed by atoms with E-state index in [9.17, 15) is 9.90 Å². The Balaban J connectivity index is 2.14. The minimum Gasteiger partial charge on any atom is -0.512 e. The molecule has 1 aromatic carbocycles. The first-order valence-electron chi connectivity index (χ1n) is 11.1. The van der Waals surface area contributed by atoms with Crippen molar-refractivity contribution in [2.45, 2.75) is 71.0 Å². The highest BCUT2D eigenvalue weighted by Gasteiger charge is 2.53. The molecular weight excluding hydrogens is 390 g/mol. The molecule has 2 aliphatic carbocycles. The fraction of sp³-hybridized carbons (Fsp3) is 0.560. The van der Waals surface area contributed by atoms with E-state index in [0.29, 0.717) is 18.1 Å². The summed E-state index contributed by atoms with van der Waals surface area (Å²) in [7, 11) is 1.64. The number of aliphatic hydroxyl groups is 1. The molecule has 2 aliphatic rings. The van der Waals surface area contributed by atoms with Crippen LogP contribution < -0.4 is 11.5 Å². The number of amides is 2. The van der Waals surface area contributed by atoms with E-state index in [4.69, 9.17) is 16.2 Å². The van der Waals surface area contributed by atoms with Gasteiger partial charge < -0.3 is 26.2 Å². The third kappa shape index (κ3) is 4.59. The maximum atomic E-state index is 12.9. The zero-order chi connectivity index (χ0) is 22.8. The number of benzene rings is 1. The summed E-state index contributed by atoms with van der Waals surface area (Å²) >= 11 is 0. The number of methoxy groups -OCH3 is 1. The minimum absolute atomic E-state index is 0.0818. The number of nitrogens with zero attached hydrogens (tertiary/aromatic N) is 1. The normalized spacial score (nSPS) is 26.9. The van der Waals surface area contributed by atoms with Crippen molar-refractivity contribution < 1.29 is 14.6 Å². The molecule has 6 nitrogen and oxygen atoms in total. The molecule has 31 heavy (non-hydrogen) atoms. The second-order valence-corrected chi connectivity index (χ2v) is 9.95. The van der Waals surface area contributed by atoms with Gasteiger partial charge in [-0.1, -0.05) is 51.1 Å². The van der Waals surface area contributed by atoms with Crippen LogP contribution in [0, 0.1) is 11.3 Å². The second-order valence-electron chi connectivity index (χ2n) is 9.95. The Morgan fingerprint density at radius 2 is 1.81 bits per heavy atom. The van der Waals surface area contributed by atoms with E-state index in [0.717, 1.165) is 36.8 Å². The van der Waals surface area contributed by atoms with Crippen LogP contribution in [0.15, 0.2) is 53.5 Å². The van der Waals surface area contributed by atoms with Gasteiger partial charge in [0.15, 0.2) is 0 Å². The minimum atomic E-state index is -0.852. The van der Waals surface area contributed by atoms with E-state index >= 15 is 0 Å². The van der Waals surface area contributed by atoms with Gasteiger partial charge in [-0.2, -0.15) is 0 Å². The summed E-state index contributed by atoms with van der Waals surface area (Å²) in [5.74, 6) is 1.06. The highest BCUT2D eigenvalue weighted by atomic mass is 16.5. The van der Waals surface area contributed by atoms with Crippen LogP contribution in [0.3, 0.4) is 0 Å². The van der Waals surface area contributed by atoms with Crippen LogP contribution in [-0.2, 0) is 11.3 Å². The molecule has 170 valence electrons. The lowest BCUT2D eigenvalue weighted by Gasteiger charge is -2.52. The van der Waals surface area contributed by atoms with E-state index in [1.165, 1.54) is 0 Å². The molecule has 2 amide bonds. The molecule has 1 saturated carbocycles. The number of nitrogens with two attached hydrogens (primary N) is 2. The van der Waals surface area contributed by atoms with Gasteiger partial charge in [-0.15, -0.1) is 0 Å². The van der Waals surface area contributed by atoms with Gasteiger partial charge in [-0.25, -0.2) is 4.79 Å². The maximum absolute atomic E-state index is 12.9. The number of aliphatic hydroxyl groups excluding tert-OH is 1. The summed E-state index contributed by atoms with van der Waals surface area (Å²) in [6, 6.07) is 9.45. The molecule has 1 aromatic rings. The molecule has 1 atom stereocenters. The van der Waals surface area contributed by atoms with E-state index < -0.39 is 11.6 Å². The molecule has 0 spiro atoms. The smallest absolute Gasteiger partial charge is 0.315 e. The van der Waals surface area contributed by atoms with E-state index in [-0.39, 0.29) is 23.8 Å². The fourth-order valence-corrected chi connectivity index (χ4v) is 5.23. The van der Waals surface area contributed by atoms with Crippen LogP contribution in [0.25, 0.3) is 0 Å². The number of urea groups is 1. The Morgan fingerprint density at radius 1 is 1.19 bits per heavy atom. The van der Waals surface area contributed by atoms with Crippen molar-refractivity contribution in [1.82, 2.24) is 4.90 Å². The first kappa shape index (κ1) is 23.2. The molecule has 1 unspecified atom stereocenters. The zero-order valence-corrected chi connectivity index (χ0v) is 19.2. The Hall–Kier alpha value is -2.47. The van der Waals surface area contributed by atoms with Crippen molar-refractivity contribution in [3.05, 3.63) is 59.1 Å². The van der Waals surface area contributed by atoms with Gasteiger partial charge in [0.1, 0.15) is 11.3 Å². The number of rotatable bonds is 5. The number of hydrogen-bond donors (Lipinski definition) is 3. The van der Waals surface area contributed by atoms with Crippen LogP contribution in [-0.4, -0.2) is 34.7 Å². The molecule has 0 aliphatic heterocycles. The molecule has 0 radical (unpaired) electrons. The summed E-state index contributed by atoms with van der Waals surface area (Å²) in [4.78, 5) is 14.6. The fourth-order valence-electron chi connectivity index (χ4n) is 5.23. The number of allylic oxidation sites excluding steroid dienone is 2. The Kier molecular flexibility index (Phi) is 6.70. The number of carbonyl (C=O) groups excluding carboxylic acids is 1. The molecule has 0 bridgehead atoms. The molecule has 0 heterocycles. The Labute approximate surface area is 185 Å². The molecule has 0 saturated heterocycles. The summed E-state index contributed by atoms with van der Waals surface area (Å²) in [5, 5.41) is 11.2. The molecule has 0 aromatic heterocycles. The maximum Gasteiger partial charge on any atom is 0.315 e. The summed E-state index contributed by atoms with van der Waals surface area (Å²) in [6.45, 7) is 6.53. The monoisotopic (exact) mass is 427 g/mol. The molecule has 3 rings (SSSR count). The molecule has 6 heteroatoms. The number of hydrogen-bond acceptors (Lipinski definition) is 4. The lowest BCUT2D eigenvalue weighted by atomic mass is 9.66. The second kappa shape index (κ2) is 8.95. The van der Waals surface area contributed by atoms with E-state index in [1.54, 1.807) is 12.0 Å². The number of primary amides is 1. The highest BCUT2D eigenvalue weighted by molar-refractivity contribution is 5.74. The van der Waals surface area contributed by atoms with Crippen molar-refractivity contribution in [2.24, 2.45) is 22.8 Å². The van der Waals surface area contributed by atoms with Crippen molar-refractivity contribution in [1.29, 1.82) is 0 Å². The van der Waals surface area contributed by atoms with Crippen molar-refractivity contribution in [3.63, 3.8) is 0 Å². The molecule has 1 fully saturated rings. The third-order valence-corrected chi connectivity index (χ3v) is 6.86. The van der Waals surface area contributed by atoms with Gasteiger partial charge >= 0.3 is 6.03 Å². The standard InChI is InChI=1S/C25H37N3O3/c1-24(2,3)20-14-22(31-4)25(15-21(20)29,18-10-12-19(26)13-11-18)28(23(27)30)16-17-8-6-5-7-9-17/h5-9,14,18-19,29H,10-13,15-16,26H2,1-4H3,(H2,27,30). The van der Waals surface area contributed by atoms with Crippen LogP contribution in [0.4, 0.5) is 4.79 Å². The predicted molar refractivity (Wildman–Crippen MR) is 123 cm³/mol. The largest absolute Gasteiger partial charge is 0.512 e. The van der Waals surface area contributed by atoms with Crippen LogP contribution in [0.5, 0.6) is 0 Å². The van der Waals surface area contributed by atoms with Crippen molar-refractivity contribution in [3.8, 4) is 0 Å². The lowest BCUT2D eigenvalue weighted by molar-refractivity contribution is 0.0126. The van der Waals surface area contributed by atoms with Gasteiger partial charge in [0, 0.05) is 19.0 Å². The Morgan fingerprint density at radius 3 is 2.32 bits per heavy atom. The molecular formula is C25H37N3O3. The van der Waals surface area contributed by atoms with Gasteiger partial charge in [0.25, 0.3) is 0 Å².